The van der Waals surface area contributed by atoms with Crippen molar-refractivity contribution in [3.8, 4) is 11.8 Å². The zero-order valence-electron chi connectivity index (χ0n) is 15.7. The first-order valence-electron chi connectivity index (χ1n) is 9.28. The molecule has 1 N–H and O–H groups in total. The first kappa shape index (κ1) is 19.4. The first-order chi connectivity index (χ1) is 13.1. The van der Waals surface area contributed by atoms with Crippen molar-refractivity contribution in [2.24, 2.45) is 5.92 Å². The SMILES string of the molecule is CCCCc1ccc(-n2nnnc2SCC(=O)NC(C)(C#N)C2CC2)cc1. The van der Waals surface area contributed by atoms with Gasteiger partial charge in [-0.25, -0.2) is 0 Å². The van der Waals surface area contributed by atoms with E-state index in [4.69, 9.17) is 0 Å². The van der Waals surface area contributed by atoms with Crippen molar-refractivity contribution in [3.63, 3.8) is 0 Å². The summed E-state index contributed by atoms with van der Waals surface area (Å²) in [4.78, 5) is 12.3. The normalized spacial score (nSPS) is 15.7. The highest BCUT2D eigenvalue weighted by molar-refractivity contribution is 7.99. The lowest BCUT2D eigenvalue weighted by atomic mass is 9.98. The second-order valence-electron chi connectivity index (χ2n) is 7.07. The van der Waals surface area contributed by atoms with Crippen LogP contribution in [-0.4, -0.2) is 37.4 Å². The summed E-state index contributed by atoms with van der Waals surface area (Å²) in [7, 11) is 0. The molecule has 1 aromatic carbocycles. The molecule has 0 aliphatic heterocycles. The van der Waals surface area contributed by atoms with E-state index in [1.165, 1.54) is 30.2 Å². The van der Waals surface area contributed by atoms with Crippen molar-refractivity contribution in [2.45, 2.75) is 56.6 Å². The monoisotopic (exact) mass is 384 g/mol. The van der Waals surface area contributed by atoms with Crippen molar-refractivity contribution in [2.75, 3.05) is 5.75 Å². The summed E-state index contributed by atoms with van der Waals surface area (Å²) >= 11 is 1.26. The van der Waals surface area contributed by atoms with E-state index in [0.29, 0.717) is 5.16 Å². The Bertz CT molecular complexity index is 823. The third kappa shape index (κ3) is 4.86. The standard InChI is InChI=1S/C19H24N6OS/c1-3-4-5-14-6-10-16(11-7-14)25-18(22-23-24-25)27-12-17(26)21-19(2,13-20)15-8-9-15/h6-7,10-11,15H,3-5,8-9,12H2,1-2H3,(H,21,26). The Hall–Kier alpha value is -2.40. The van der Waals surface area contributed by atoms with Gasteiger partial charge in [0.25, 0.3) is 0 Å². The average molecular weight is 385 g/mol. The summed E-state index contributed by atoms with van der Waals surface area (Å²) in [6.07, 6.45) is 5.38. The maximum Gasteiger partial charge on any atom is 0.231 e. The molecule has 1 aliphatic carbocycles. The van der Waals surface area contributed by atoms with Gasteiger partial charge in [-0.15, -0.1) is 5.10 Å². The summed E-state index contributed by atoms with van der Waals surface area (Å²) < 4.78 is 1.63. The highest BCUT2D eigenvalue weighted by Gasteiger charge is 2.42. The number of amides is 1. The van der Waals surface area contributed by atoms with Crippen LogP contribution in [0.1, 0.15) is 45.1 Å². The van der Waals surface area contributed by atoms with Gasteiger partial charge in [-0.1, -0.05) is 37.2 Å². The molecule has 8 heteroatoms. The minimum absolute atomic E-state index is 0.166. The largest absolute Gasteiger partial charge is 0.337 e. The summed E-state index contributed by atoms with van der Waals surface area (Å²) in [5, 5.41) is 24.6. The second kappa shape index (κ2) is 8.53. The van der Waals surface area contributed by atoms with E-state index in [-0.39, 0.29) is 17.6 Å². The summed E-state index contributed by atoms with van der Waals surface area (Å²) in [5.74, 6) is 0.243. The lowest BCUT2D eigenvalue weighted by Crippen LogP contribution is -2.47. The molecule has 1 saturated carbocycles. The second-order valence-corrected chi connectivity index (χ2v) is 8.01. The number of nitrogens with one attached hydrogen (secondary N) is 1. The zero-order chi connectivity index (χ0) is 19.3. The summed E-state index contributed by atoms with van der Waals surface area (Å²) in [5.41, 5.74) is 1.37. The van der Waals surface area contributed by atoms with Gasteiger partial charge in [-0.05, 0) is 66.6 Å². The van der Waals surface area contributed by atoms with E-state index in [1.54, 1.807) is 11.6 Å². The molecule has 1 fully saturated rings. The minimum atomic E-state index is -0.780. The summed E-state index contributed by atoms with van der Waals surface area (Å²) in [6, 6.07) is 10.4. The van der Waals surface area contributed by atoms with Crippen LogP contribution in [0.15, 0.2) is 29.4 Å². The van der Waals surface area contributed by atoms with Gasteiger partial charge in [0.05, 0.1) is 17.5 Å². The average Bonchev–Trinajstić information content (AvgIpc) is 3.44. The number of nitriles is 1. The first-order valence-corrected chi connectivity index (χ1v) is 10.3. The van der Waals surface area contributed by atoms with Gasteiger partial charge in [0.15, 0.2) is 0 Å². The van der Waals surface area contributed by atoms with Gasteiger partial charge in [0.2, 0.25) is 11.1 Å². The molecule has 1 unspecified atom stereocenters. The van der Waals surface area contributed by atoms with Gasteiger partial charge in [-0.3, -0.25) is 4.79 Å². The van der Waals surface area contributed by atoms with Crippen LogP contribution in [0.5, 0.6) is 0 Å². The predicted octanol–water partition coefficient (Wildman–Crippen LogP) is 2.91. The quantitative estimate of drug-likeness (QED) is 0.668. The number of benzene rings is 1. The van der Waals surface area contributed by atoms with Crippen LogP contribution in [0, 0.1) is 17.2 Å². The minimum Gasteiger partial charge on any atom is -0.337 e. The Balaban J connectivity index is 1.60. The fraction of sp³-hybridized carbons (Fsp3) is 0.526. The molecule has 1 amide bonds. The third-order valence-corrected chi connectivity index (χ3v) is 5.72. The molecule has 2 aromatic rings. The van der Waals surface area contributed by atoms with Gasteiger partial charge in [-0.2, -0.15) is 9.94 Å². The van der Waals surface area contributed by atoms with Crippen molar-refractivity contribution in [1.29, 1.82) is 5.26 Å². The Kier molecular flexibility index (Phi) is 6.11. The highest BCUT2D eigenvalue weighted by Crippen LogP contribution is 2.39. The molecule has 0 radical (unpaired) electrons. The number of tetrazole rings is 1. The molecule has 0 saturated heterocycles. The number of aromatic nitrogens is 4. The smallest absolute Gasteiger partial charge is 0.231 e. The molecule has 0 spiro atoms. The molecule has 1 atom stereocenters. The number of unbranched alkanes of at least 4 members (excludes halogenated alkanes) is 1. The number of carbonyl (C=O) groups excluding carboxylic acids is 1. The number of thioether (sulfide) groups is 1. The van der Waals surface area contributed by atoms with Crippen LogP contribution < -0.4 is 5.32 Å². The van der Waals surface area contributed by atoms with Gasteiger partial charge in [0.1, 0.15) is 5.54 Å². The lowest BCUT2D eigenvalue weighted by molar-refractivity contribution is -0.119. The molecule has 1 aromatic heterocycles. The molecule has 3 rings (SSSR count). The van der Waals surface area contributed by atoms with E-state index >= 15 is 0 Å². The number of hydrogen-bond acceptors (Lipinski definition) is 6. The highest BCUT2D eigenvalue weighted by atomic mass is 32.2. The van der Waals surface area contributed by atoms with Crippen molar-refractivity contribution >= 4 is 17.7 Å². The lowest BCUT2D eigenvalue weighted by Gasteiger charge is -2.22. The fourth-order valence-electron chi connectivity index (χ4n) is 2.95. The van der Waals surface area contributed by atoms with Crippen LogP contribution in [0.2, 0.25) is 0 Å². The van der Waals surface area contributed by atoms with Crippen LogP contribution in [-0.2, 0) is 11.2 Å². The predicted molar refractivity (Wildman–Crippen MR) is 103 cm³/mol. The Labute approximate surface area is 163 Å². The maximum absolute atomic E-state index is 12.3. The van der Waals surface area contributed by atoms with Gasteiger partial charge in [0, 0.05) is 0 Å². The number of rotatable bonds is 9. The van der Waals surface area contributed by atoms with Crippen LogP contribution >= 0.6 is 11.8 Å². The third-order valence-electron chi connectivity index (χ3n) is 4.80. The molecular weight excluding hydrogens is 360 g/mol. The number of hydrogen-bond donors (Lipinski definition) is 1. The topological polar surface area (TPSA) is 96.5 Å². The molecule has 7 nitrogen and oxygen atoms in total. The van der Waals surface area contributed by atoms with Crippen molar-refractivity contribution in [1.82, 2.24) is 25.5 Å². The van der Waals surface area contributed by atoms with Crippen molar-refractivity contribution in [3.05, 3.63) is 29.8 Å². The van der Waals surface area contributed by atoms with Crippen molar-refractivity contribution < 1.29 is 4.79 Å². The Morgan fingerprint density at radius 3 is 2.78 bits per heavy atom. The Morgan fingerprint density at radius 1 is 1.41 bits per heavy atom. The molecular formula is C19H24N6OS. The number of aryl methyl sites for hydroxylation is 1. The van der Waals surface area contributed by atoms with E-state index < -0.39 is 5.54 Å². The van der Waals surface area contributed by atoms with E-state index in [0.717, 1.165) is 24.9 Å². The van der Waals surface area contributed by atoms with E-state index in [9.17, 15) is 10.1 Å². The fourth-order valence-corrected chi connectivity index (χ4v) is 3.64. The maximum atomic E-state index is 12.3. The van der Waals surface area contributed by atoms with Gasteiger partial charge >= 0.3 is 0 Å². The molecule has 1 aliphatic rings. The van der Waals surface area contributed by atoms with Gasteiger partial charge < -0.3 is 5.32 Å². The zero-order valence-corrected chi connectivity index (χ0v) is 16.5. The molecule has 142 valence electrons. The van der Waals surface area contributed by atoms with Crippen LogP contribution in [0.25, 0.3) is 5.69 Å². The van der Waals surface area contributed by atoms with Crippen LogP contribution in [0.4, 0.5) is 0 Å². The van der Waals surface area contributed by atoms with Crippen LogP contribution in [0.3, 0.4) is 0 Å². The van der Waals surface area contributed by atoms with E-state index in [1.807, 2.05) is 12.1 Å². The molecule has 0 bridgehead atoms. The summed E-state index contributed by atoms with van der Waals surface area (Å²) in [6.45, 7) is 3.97. The Morgan fingerprint density at radius 2 is 2.15 bits per heavy atom. The molecule has 1 heterocycles. The molecule has 27 heavy (non-hydrogen) atoms. The number of nitrogens with zero attached hydrogens (tertiary/aromatic N) is 5. The van der Waals surface area contributed by atoms with E-state index in [2.05, 4.69) is 46.0 Å². The number of carbonyl (C=O) groups is 1.